The van der Waals surface area contributed by atoms with Gasteiger partial charge in [-0.05, 0) is 49.9 Å². The Morgan fingerprint density at radius 3 is 2.58 bits per heavy atom. The minimum Gasteiger partial charge on any atom is -0.384 e. The lowest BCUT2D eigenvalue weighted by molar-refractivity contribution is 0.968. The van der Waals surface area contributed by atoms with Gasteiger partial charge >= 0.3 is 0 Å². The quantitative estimate of drug-likeness (QED) is 0.857. The van der Waals surface area contributed by atoms with Gasteiger partial charge in [0.15, 0.2) is 0 Å². The second-order valence-corrected chi connectivity index (χ2v) is 5.75. The number of hydrogen-bond acceptors (Lipinski definition) is 2. The molecule has 102 valence electrons. The highest BCUT2D eigenvalue weighted by Gasteiger charge is 2.13. The van der Waals surface area contributed by atoms with E-state index in [1.165, 1.54) is 22.2 Å². The van der Waals surface area contributed by atoms with Crippen molar-refractivity contribution in [1.82, 2.24) is 4.98 Å². The molecule has 0 radical (unpaired) electrons. The molecule has 0 saturated heterocycles. The van der Waals surface area contributed by atoms with Gasteiger partial charge in [0.25, 0.3) is 0 Å². The van der Waals surface area contributed by atoms with Gasteiger partial charge in [-0.3, -0.25) is 4.98 Å². The lowest BCUT2D eigenvalue weighted by atomic mass is 10.0. The average Bonchev–Trinajstić information content (AvgIpc) is 2.40. The number of pyridine rings is 1. The van der Waals surface area contributed by atoms with Crippen molar-refractivity contribution in [1.29, 1.82) is 0 Å². The van der Waals surface area contributed by atoms with E-state index in [-0.39, 0.29) is 0 Å². The smallest absolute Gasteiger partial charge is 0.0766 e. The number of rotatable bonds is 4. The van der Waals surface area contributed by atoms with E-state index in [1.807, 2.05) is 0 Å². The van der Waals surface area contributed by atoms with Gasteiger partial charge < -0.3 is 5.32 Å². The number of aromatic nitrogens is 1. The molecule has 0 atom stereocenters. The van der Waals surface area contributed by atoms with E-state index in [4.69, 9.17) is 4.98 Å². The summed E-state index contributed by atoms with van der Waals surface area (Å²) >= 11 is 3.59. The van der Waals surface area contributed by atoms with Crippen LogP contribution in [0.15, 0.2) is 16.6 Å². The van der Waals surface area contributed by atoms with Crippen molar-refractivity contribution in [3.8, 4) is 0 Å². The van der Waals surface area contributed by atoms with Crippen molar-refractivity contribution < 1.29 is 0 Å². The van der Waals surface area contributed by atoms with Crippen LogP contribution in [0.1, 0.15) is 37.1 Å². The van der Waals surface area contributed by atoms with Crippen molar-refractivity contribution in [2.75, 3.05) is 11.9 Å². The fourth-order valence-corrected chi connectivity index (χ4v) is 2.80. The molecular formula is C16H21BrN2. The highest BCUT2D eigenvalue weighted by Crippen LogP contribution is 2.33. The predicted molar refractivity (Wildman–Crippen MR) is 87.1 cm³/mol. The Morgan fingerprint density at radius 2 is 1.95 bits per heavy atom. The number of nitrogens with zero attached hydrogens (tertiary/aromatic N) is 1. The summed E-state index contributed by atoms with van der Waals surface area (Å²) in [6, 6.07) is 4.28. The Morgan fingerprint density at radius 1 is 1.21 bits per heavy atom. The van der Waals surface area contributed by atoms with Crippen molar-refractivity contribution in [2.45, 2.75) is 40.5 Å². The summed E-state index contributed by atoms with van der Waals surface area (Å²) in [4.78, 5) is 4.81. The molecule has 1 heterocycles. The van der Waals surface area contributed by atoms with Gasteiger partial charge in [-0.15, -0.1) is 0 Å². The summed E-state index contributed by atoms with van der Waals surface area (Å²) in [5.41, 5.74) is 6.05. The van der Waals surface area contributed by atoms with Crippen molar-refractivity contribution in [2.24, 2.45) is 0 Å². The third kappa shape index (κ3) is 2.62. The molecule has 1 aromatic carbocycles. The Bertz CT molecular complexity index is 605. The van der Waals surface area contributed by atoms with Gasteiger partial charge in [0.2, 0.25) is 0 Å². The number of anilines is 1. The highest BCUT2D eigenvalue weighted by molar-refractivity contribution is 9.10. The number of benzene rings is 1. The van der Waals surface area contributed by atoms with E-state index in [1.54, 1.807) is 0 Å². The lowest BCUT2D eigenvalue weighted by Crippen LogP contribution is -2.07. The van der Waals surface area contributed by atoms with E-state index in [2.05, 4.69) is 61.1 Å². The first-order valence-electron chi connectivity index (χ1n) is 6.92. The summed E-state index contributed by atoms with van der Waals surface area (Å²) in [6.45, 7) is 9.61. The Labute approximate surface area is 123 Å². The molecule has 0 aliphatic carbocycles. The molecule has 1 aromatic heterocycles. The molecule has 0 fully saturated rings. The molecule has 1 N–H and O–H groups in total. The SMILES string of the molecule is CCCNc1c(CC)c(C)nc2c(C)c(Br)ccc12. The maximum absolute atomic E-state index is 4.81. The second-order valence-electron chi connectivity index (χ2n) is 4.90. The van der Waals surface area contributed by atoms with E-state index in [0.29, 0.717) is 0 Å². The van der Waals surface area contributed by atoms with Gasteiger partial charge in [0, 0.05) is 27.8 Å². The maximum Gasteiger partial charge on any atom is 0.0766 e. The molecule has 2 rings (SSSR count). The maximum atomic E-state index is 4.81. The van der Waals surface area contributed by atoms with Crippen LogP contribution in [0.3, 0.4) is 0 Å². The first-order valence-corrected chi connectivity index (χ1v) is 7.71. The predicted octanol–water partition coefficient (Wildman–Crippen LogP) is 5.00. The molecule has 0 saturated carbocycles. The normalized spacial score (nSPS) is 11.0. The van der Waals surface area contributed by atoms with Gasteiger partial charge in [-0.2, -0.15) is 0 Å². The number of aryl methyl sites for hydroxylation is 2. The number of halogens is 1. The minimum atomic E-state index is 1.00. The van der Waals surface area contributed by atoms with Crippen LogP contribution in [-0.4, -0.2) is 11.5 Å². The first-order chi connectivity index (χ1) is 9.10. The van der Waals surface area contributed by atoms with Crippen molar-refractivity contribution in [3.05, 3.63) is 33.4 Å². The Kier molecular flexibility index (Phi) is 4.46. The molecule has 0 unspecified atom stereocenters. The van der Waals surface area contributed by atoms with Crippen LogP contribution in [0.25, 0.3) is 10.9 Å². The summed E-state index contributed by atoms with van der Waals surface area (Å²) in [5, 5.41) is 4.82. The molecule has 0 aliphatic rings. The molecular weight excluding hydrogens is 300 g/mol. The van der Waals surface area contributed by atoms with Gasteiger partial charge in [0.1, 0.15) is 0 Å². The van der Waals surface area contributed by atoms with Crippen LogP contribution in [0.5, 0.6) is 0 Å². The number of hydrogen-bond donors (Lipinski definition) is 1. The molecule has 3 heteroatoms. The molecule has 0 spiro atoms. The minimum absolute atomic E-state index is 1.00. The standard InChI is InChI=1S/C16H21BrN2/c1-5-9-18-16-12(6-2)11(4)19-15-10(3)14(17)8-7-13(15)16/h7-8H,5-6,9H2,1-4H3,(H,18,19). The van der Waals surface area contributed by atoms with Gasteiger partial charge in [-0.25, -0.2) is 0 Å². The van der Waals surface area contributed by atoms with Crippen molar-refractivity contribution in [3.63, 3.8) is 0 Å². The fraction of sp³-hybridized carbons (Fsp3) is 0.438. The monoisotopic (exact) mass is 320 g/mol. The highest BCUT2D eigenvalue weighted by atomic mass is 79.9. The van der Waals surface area contributed by atoms with E-state index in [0.717, 1.165) is 35.1 Å². The zero-order valence-electron chi connectivity index (χ0n) is 12.1. The molecule has 0 amide bonds. The lowest BCUT2D eigenvalue weighted by Gasteiger charge is -2.17. The van der Waals surface area contributed by atoms with Crippen LogP contribution < -0.4 is 5.32 Å². The molecule has 2 nitrogen and oxygen atoms in total. The third-order valence-electron chi connectivity index (χ3n) is 3.56. The number of fused-ring (bicyclic) bond motifs is 1. The van der Waals surface area contributed by atoms with E-state index < -0.39 is 0 Å². The molecule has 0 bridgehead atoms. The Balaban J connectivity index is 2.75. The van der Waals surface area contributed by atoms with Crippen LogP contribution in [0, 0.1) is 13.8 Å². The molecule has 2 aromatic rings. The Hall–Kier alpha value is -1.09. The van der Waals surface area contributed by atoms with Gasteiger partial charge in [0.05, 0.1) is 5.52 Å². The van der Waals surface area contributed by atoms with E-state index in [9.17, 15) is 0 Å². The first kappa shape index (κ1) is 14.3. The average molecular weight is 321 g/mol. The number of nitrogens with one attached hydrogen (secondary N) is 1. The van der Waals surface area contributed by atoms with Crippen LogP contribution in [-0.2, 0) is 6.42 Å². The zero-order chi connectivity index (χ0) is 14.0. The second kappa shape index (κ2) is 5.91. The van der Waals surface area contributed by atoms with Crippen LogP contribution in [0.2, 0.25) is 0 Å². The zero-order valence-corrected chi connectivity index (χ0v) is 13.7. The molecule has 0 aliphatic heterocycles. The van der Waals surface area contributed by atoms with Crippen LogP contribution in [0.4, 0.5) is 5.69 Å². The topological polar surface area (TPSA) is 24.9 Å². The van der Waals surface area contributed by atoms with E-state index >= 15 is 0 Å². The van der Waals surface area contributed by atoms with Crippen LogP contribution >= 0.6 is 15.9 Å². The third-order valence-corrected chi connectivity index (χ3v) is 4.42. The summed E-state index contributed by atoms with van der Waals surface area (Å²) in [7, 11) is 0. The largest absolute Gasteiger partial charge is 0.384 e. The summed E-state index contributed by atoms with van der Waals surface area (Å²) in [5.74, 6) is 0. The van der Waals surface area contributed by atoms with Gasteiger partial charge in [-0.1, -0.05) is 29.8 Å². The van der Waals surface area contributed by atoms with Crippen molar-refractivity contribution >= 4 is 32.5 Å². The summed E-state index contributed by atoms with van der Waals surface area (Å²) < 4.78 is 1.12. The summed E-state index contributed by atoms with van der Waals surface area (Å²) in [6.07, 6.45) is 2.14. The fourth-order valence-electron chi connectivity index (χ4n) is 2.48. The molecule has 19 heavy (non-hydrogen) atoms.